The molecule has 0 aromatic rings. The van der Waals surface area contributed by atoms with Crippen molar-refractivity contribution in [3.63, 3.8) is 0 Å². The molecule has 0 amide bonds. The lowest BCUT2D eigenvalue weighted by molar-refractivity contribution is -0.0539. The minimum absolute atomic E-state index is 0.572. The highest BCUT2D eigenvalue weighted by Gasteiger charge is 2.54. The van der Waals surface area contributed by atoms with Gasteiger partial charge in [0, 0.05) is 0 Å². The average molecular weight is 178 g/mol. The van der Waals surface area contributed by atoms with Gasteiger partial charge in [-0.2, -0.15) is 0 Å². The van der Waals surface area contributed by atoms with Gasteiger partial charge >= 0.3 is 0 Å². The van der Waals surface area contributed by atoms with Gasteiger partial charge in [-0.05, 0) is 41.9 Å². The minimum atomic E-state index is 0.572. The maximum Gasteiger partial charge on any atom is -0.0146 e. The average Bonchev–Trinajstić information content (AvgIpc) is 2.02. The normalized spacial score (nSPS) is 41.9. The van der Waals surface area contributed by atoms with E-state index in [1.165, 1.54) is 12.8 Å². The molecule has 3 fully saturated rings. The van der Waals surface area contributed by atoms with Crippen molar-refractivity contribution >= 4 is 0 Å². The SMILES string of the molecule is C=C1C(C(C)C)C[C@H]2C[C@@H]1C2(C)C. The van der Waals surface area contributed by atoms with Crippen LogP contribution >= 0.6 is 0 Å². The Morgan fingerprint density at radius 3 is 2.31 bits per heavy atom. The van der Waals surface area contributed by atoms with Gasteiger partial charge < -0.3 is 0 Å². The van der Waals surface area contributed by atoms with E-state index in [2.05, 4.69) is 34.3 Å². The summed E-state index contributed by atoms with van der Waals surface area (Å²) >= 11 is 0. The van der Waals surface area contributed by atoms with E-state index in [1.54, 1.807) is 5.57 Å². The van der Waals surface area contributed by atoms with E-state index in [4.69, 9.17) is 0 Å². The molecule has 0 heterocycles. The molecule has 1 unspecified atom stereocenters. The molecule has 0 radical (unpaired) electrons. The van der Waals surface area contributed by atoms with E-state index >= 15 is 0 Å². The Balaban J connectivity index is 2.17. The molecule has 74 valence electrons. The summed E-state index contributed by atoms with van der Waals surface area (Å²) in [6, 6.07) is 0. The number of allylic oxidation sites excluding steroid dienone is 1. The van der Waals surface area contributed by atoms with Gasteiger partial charge in [0.05, 0.1) is 0 Å². The van der Waals surface area contributed by atoms with Crippen molar-refractivity contribution in [3.8, 4) is 0 Å². The Hall–Kier alpha value is -0.260. The van der Waals surface area contributed by atoms with Crippen molar-refractivity contribution in [2.45, 2.75) is 40.5 Å². The van der Waals surface area contributed by atoms with Gasteiger partial charge in [0.2, 0.25) is 0 Å². The van der Waals surface area contributed by atoms with Crippen LogP contribution in [0.25, 0.3) is 0 Å². The van der Waals surface area contributed by atoms with Crippen LogP contribution in [0.2, 0.25) is 0 Å². The van der Waals surface area contributed by atoms with E-state index in [-0.39, 0.29) is 0 Å². The Morgan fingerprint density at radius 2 is 1.92 bits per heavy atom. The third kappa shape index (κ3) is 1.11. The van der Waals surface area contributed by atoms with Crippen molar-refractivity contribution < 1.29 is 0 Å². The Bertz CT molecular complexity index is 230. The van der Waals surface area contributed by atoms with Crippen molar-refractivity contribution in [2.75, 3.05) is 0 Å². The van der Waals surface area contributed by atoms with E-state index in [1.807, 2.05) is 0 Å². The van der Waals surface area contributed by atoms with Crippen LogP contribution in [0, 0.1) is 29.1 Å². The zero-order valence-electron chi connectivity index (χ0n) is 9.43. The smallest absolute Gasteiger partial charge is 0.0146 e. The first kappa shape index (κ1) is 9.30. The topological polar surface area (TPSA) is 0 Å². The molecule has 0 aromatic carbocycles. The summed E-state index contributed by atoms with van der Waals surface area (Å²) in [6.45, 7) is 13.9. The highest BCUT2D eigenvalue weighted by molar-refractivity contribution is 5.22. The first-order valence-electron chi connectivity index (χ1n) is 5.63. The summed E-state index contributed by atoms with van der Waals surface area (Å²) in [5.74, 6) is 3.43. The molecule has 3 saturated carbocycles. The lowest BCUT2D eigenvalue weighted by atomic mass is 9.44. The molecular weight excluding hydrogens is 156 g/mol. The summed E-state index contributed by atoms with van der Waals surface area (Å²) in [6.07, 6.45) is 2.83. The van der Waals surface area contributed by atoms with Gasteiger partial charge in [0.1, 0.15) is 0 Å². The van der Waals surface area contributed by atoms with Gasteiger partial charge in [-0.1, -0.05) is 39.8 Å². The third-order valence-electron chi connectivity index (χ3n) is 4.74. The zero-order valence-corrected chi connectivity index (χ0v) is 9.43. The quantitative estimate of drug-likeness (QED) is 0.534. The lowest BCUT2D eigenvalue weighted by Gasteiger charge is -2.60. The summed E-state index contributed by atoms with van der Waals surface area (Å²) in [4.78, 5) is 0. The maximum atomic E-state index is 4.33. The molecule has 3 atom stereocenters. The van der Waals surface area contributed by atoms with Gasteiger partial charge in [0.15, 0.2) is 0 Å². The van der Waals surface area contributed by atoms with Gasteiger partial charge in [-0.3, -0.25) is 0 Å². The number of rotatable bonds is 1. The predicted molar refractivity (Wildman–Crippen MR) is 57.5 cm³/mol. The first-order chi connectivity index (χ1) is 5.94. The zero-order chi connectivity index (χ0) is 9.80. The summed E-state index contributed by atoms with van der Waals surface area (Å²) in [7, 11) is 0. The molecular formula is C13H22. The lowest BCUT2D eigenvalue weighted by Crippen LogP contribution is -2.52. The number of hydrogen-bond donors (Lipinski definition) is 0. The molecule has 13 heavy (non-hydrogen) atoms. The Morgan fingerprint density at radius 1 is 1.31 bits per heavy atom. The predicted octanol–water partition coefficient (Wildman–Crippen LogP) is 3.88. The summed E-state index contributed by atoms with van der Waals surface area (Å²) in [5, 5.41) is 0. The Kier molecular flexibility index (Phi) is 1.87. The molecule has 3 aliphatic rings. The van der Waals surface area contributed by atoms with Crippen LogP contribution in [0.4, 0.5) is 0 Å². The van der Waals surface area contributed by atoms with Crippen molar-refractivity contribution in [1.82, 2.24) is 0 Å². The van der Waals surface area contributed by atoms with Gasteiger partial charge in [-0.15, -0.1) is 0 Å². The fraction of sp³-hybridized carbons (Fsp3) is 0.846. The molecule has 3 aliphatic carbocycles. The van der Waals surface area contributed by atoms with Crippen LogP contribution < -0.4 is 0 Å². The molecule has 0 aromatic heterocycles. The molecule has 0 aliphatic heterocycles. The van der Waals surface area contributed by atoms with E-state index in [9.17, 15) is 0 Å². The van der Waals surface area contributed by atoms with Gasteiger partial charge in [-0.25, -0.2) is 0 Å². The molecule has 0 N–H and O–H groups in total. The second kappa shape index (κ2) is 2.62. The van der Waals surface area contributed by atoms with E-state index in [0.717, 1.165) is 23.7 Å². The second-order valence-corrected chi connectivity index (χ2v) is 5.97. The Labute approximate surface area is 82.4 Å². The molecule has 0 saturated heterocycles. The minimum Gasteiger partial charge on any atom is -0.0993 e. The fourth-order valence-corrected chi connectivity index (χ4v) is 3.46. The monoisotopic (exact) mass is 178 g/mol. The molecule has 3 rings (SSSR count). The summed E-state index contributed by atoms with van der Waals surface area (Å²) in [5.41, 5.74) is 2.13. The van der Waals surface area contributed by atoms with Crippen LogP contribution in [0.3, 0.4) is 0 Å². The van der Waals surface area contributed by atoms with Gasteiger partial charge in [0.25, 0.3) is 0 Å². The van der Waals surface area contributed by atoms with E-state index < -0.39 is 0 Å². The van der Waals surface area contributed by atoms with Crippen LogP contribution in [-0.4, -0.2) is 0 Å². The van der Waals surface area contributed by atoms with Crippen LogP contribution in [0.5, 0.6) is 0 Å². The third-order valence-corrected chi connectivity index (χ3v) is 4.74. The van der Waals surface area contributed by atoms with Crippen LogP contribution in [0.15, 0.2) is 12.2 Å². The summed E-state index contributed by atoms with van der Waals surface area (Å²) < 4.78 is 0. The molecule has 0 nitrogen and oxygen atoms in total. The molecule has 2 bridgehead atoms. The van der Waals surface area contributed by atoms with Crippen molar-refractivity contribution in [1.29, 1.82) is 0 Å². The van der Waals surface area contributed by atoms with Crippen molar-refractivity contribution in [3.05, 3.63) is 12.2 Å². The number of hydrogen-bond acceptors (Lipinski definition) is 0. The van der Waals surface area contributed by atoms with Crippen LogP contribution in [0.1, 0.15) is 40.5 Å². The number of fused-ring (bicyclic) bond motifs is 2. The molecule has 0 spiro atoms. The van der Waals surface area contributed by atoms with Crippen molar-refractivity contribution in [2.24, 2.45) is 29.1 Å². The molecule has 0 heteroatoms. The largest absolute Gasteiger partial charge is 0.0993 e. The standard InChI is InChI=1S/C13H22/c1-8(2)11-6-10-7-12(9(11)3)13(10,4)5/h8,10-12H,3,6-7H2,1-2,4-5H3/t10-,11?,12-/m0/s1. The maximum absolute atomic E-state index is 4.33. The first-order valence-corrected chi connectivity index (χ1v) is 5.63. The highest BCUT2D eigenvalue weighted by Crippen LogP contribution is 2.63. The fourth-order valence-electron chi connectivity index (χ4n) is 3.46. The van der Waals surface area contributed by atoms with E-state index in [0.29, 0.717) is 5.41 Å². The van der Waals surface area contributed by atoms with Crippen LogP contribution in [-0.2, 0) is 0 Å². The second-order valence-electron chi connectivity index (χ2n) is 5.97. The highest BCUT2D eigenvalue weighted by atomic mass is 14.6.